The lowest BCUT2D eigenvalue weighted by Gasteiger charge is -2.14. The van der Waals surface area contributed by atoms with Gasteiger partial charge < -0.3 is 14.2 Å². The largest absolute Gasteiger partial charge is 0.465 e. The number of hydrogen-bond donors (Lipinski definition) is 0. The second-order valence-electron chi connectivity index (χ2n) is 7.16. The van der Waals surface area contributed by atoms with E-state index in [2.05, 4.69) is 30.2 Å². The molecule has 5 heteroatoms. The van der Waals surface area contributed by atoms with Crippen LogP contribution in [0.2, 0.25) is 0 Å². The summed E-state index contributed by atoms with van der Waals surface area (Å²) in [6.07, 6.45) is 3.43. The Kier molecular flexibility index (Phi) is 5.59. The predicted octanol–water partition coefficient (Wildman–Crippen LogP) is 4.26. The molecule has 0 saturated carbocycles. The number of benzene rings is 1. The summed E-state index contributed by atoms with van der Waals surface area (Å²) >= 11 is 0. The minimum Gasteiger partial charge on any atom is -0.465 e. The van der Waals surface area contributed by atoms with Crippen LogP contribution in [0, 0.1) is 20.8 Å². The second-order valence-corrected chi connectivity index (χ2v) is 7.16. The van der Waals surface area contributed by atoms with E-state index in [0.29, 0.717) is 23.4 Å². The summed E-state index contributed by atoms with van der Waals surface area (Å²) in [7, 11) is 1.32. The fraction of sp³-hybridized carbons (Fsp3) is 0.250. The van der Waals surface area contributed by atoms with Crippen molar-refractivity contribution in [3.8, 4) is 5.69 Å². The van der Waals surface area contributed by atoms with Gasteiger partial charge in [-0.3, -0.25) is 4.79 Å². The third-order valence-corrected chi connectivity index (χ3v) is 5.34. The summed E-state index contributed by atoms with van der Waals surface area (Å²) < 4.78 is 7.11. The van der Waals surface area contributed by atoms with Crippen molar-refractivity contribution < 1.29 is 14.3 Å². The maximum absolute atomic E-state index is 13.0. The molecule has 150 valence electrons. The van der Waals surface area contributed by atoms with E-state index in [1.165, 1.54) is 7.11 Å². The van der Waals surface area contributed by atoms with Crippen LogP contribution in [0.1, 0.15) is 29.4 Å². The van der Waals surface area contributed by atoms with Gasteiger partial charge in [-0.25, -0.2) is 4.79 Å². The van der Waals surface area contributed by atoms with Crippen LogP contribution in [0.25, 0.3) is 11.8 Å². The first-order valence-electron chi connectivity index (χ1n) is 9.50. The minimum atomic E-state index is -0.513. The number of ether oxygens (including phenoxy) is 1. The van der Waals surface area contributed by atoms with Gasteiger partial charge in [0.05, 0.1) is 18.3 Å². The molecule has 2 aromatic rings. The second kappa shape index (κ2) is 7.95. The van der Waals surface area contributed by atoms with Crippen LogP contribution < -0.4 is 0 Å². The number of carbonyl (C=O) groups is 2. The Bertz CT molecular complexity index is 1070. The first-order chi connectivity index (χ1) is 13.8. The highest BCUT2D eigenvalue weighted by atomic mass is 16.5. The average Bonchev–Trinajstić information content (AvgIpc) is 3.10. The highest BCUT2D eigenvalue weighted by Crippen LogP contribution is 2.33. The molecule has 2 heterocycles. The Labute approximate surface area is 171 Å². The number of carbonyl (C=O) groups excluding carboxylic acids is 2. The van der Waals surface area contributed by atoms with Crippen molar-refractivity contribution in [2.24, 2.45) is 0 Å². The molecule has 0 N–H and O–H groups in total. The van der Waals surface area contributed by atoms with Crippen molar-refractivity contribution in [2.75, 3.05) is 13.7 Å². The van der Waals surface area contributed by atoms with Gasteiger partial charge in [0.15, 0.2) is 0 Å². The third-order valence-electron chi connectivity index (χ3n) is 5.34. The standard InChI is InChI=1S/C24H26N2O3/c1-7-12-25-18(5)22(24(28)29-6)20(23(25)27)14-19-13-16(3)26(17(19)4)21-11-9-8-10-15(21)2/h7-11,13-14H,1,12H2,2-6H3/b20-14-. The van der Waals surface area contributed by atoms with Gasteiger partial charge in [0.2, 0.25) is 0 Å². The number of para-hydroxylation sites is 1. The summed E-state index contributed by atoms with van der Waals surface area (Å²) in [5, 5.41) is 0. The van der Waals surface area contributed by atoms with Gasteiger partial charge in [0.25, 0.3) is 5.91 Å². The van der Waals surface area contributed by atoms with Crippen molar-refractivity contribution in [3.05, 3.63) is 82.3 Å². The van der Waals surface area contributed by atoms with E-state index < -0.39 is 5.97 Å². The molecule has 1 aromatic carbocycles. The molecule has 0 atom stereocenters. The Morgan fingerprint density at radius 2 is 1.86 bits per heavy atom. The lowest BCUT2D eigenvalue weighted by molar-refractivity contribution is -0.136. The van der Waals surface area contributed by atoms with Gasteiger partial charge in [0.1, 0.15) is 0 Å². The average molecular weight is 390 g/mol. The van der Waals surface area contributed by atoms with Crippen LogP contribution >= 0.6 is 0 Å². The molecule has 0 aliphatic carbocycles. The van der Waals surface area contributed by atoms with E-state index in [1.807, 2.05) is 32.0 Å². The van der Waals surface area contributed by atoms with Crippen molar-refractivity contribution >= 4 is 18.0 Å². The van der Waals surface area contributed by atoms with E-state index in [-0.39, 0.29) is 5.91 Å². The predicted molar refractivity (Wildman–Crippen MR) is 115 cm³/mol. The van der Waals surface area contributed by atoms with E-state index in [4.69, 9.17) is 4.74 Å². The summed E-state index contributed by atoms with van der Waals surface area (Å²) in [6.45, 7) is 11.9. The first kappa shape index (κ1) is 20.4. The highest BCUT2D eigenvalue weighted by Gasteiger charge is 2.36. The molecular formula is C24H26N2O3. The molecule has 0 fully saturated rings. The van der Waals surface area contributed by atoms with E-state index in [9.17, 15) is 9.59 Å². The number of aromatic nitrogens is 1. The van der Waals surface area contributed by atoms with Crippen LogP contribution in [-0.4, -0.2) is 35.0 Å². The van der Waals surface area contributed by atoms with E-state index in [1.54, 1.807) is 24.0 Å². The molecule has 1 amide bonds. The molecule has 0 unspecified atom stereocenters. The van der Waals surface area contributed by atoms with Gasteiger partial charge in [-0.1, -0.05) is 24.3 Å². The fourth-order valence-corrected chi connectivity index (χ4v) is 3.85. The number of amides is 1. The Morgan fingerprint density at radius 1 is 1.17 bits per heavy atom. The molecule has 29 heavy (non-hydrogen) atoms. The van der Waals surface area contributed by atoms with Crippen LogP contribution in [0.3, 0.4) is 0 Å². The molecule has 1 aromatic heterocycles. The number of methoxy groups -OCH3 is 1. The molecule has 0 saturated heterocycles. The maximum atomic E-state index is 13.0. The Morgan fingerprint density at radius 3 is 2.48 bits per heavy atom. The third kappa shape index (κ3) is 3.44. The number of aryl methyl sites for hydroxylation is 2. The van der Waals surface area contributed by atoms with Gasteiger partial charge in [-0.15, -0.1) is 6.58 Å². The number of nitrogens with zero attached hydrogens (tertiary/aromatic N) is 2. The zero-order chi connectivity index (χ0) is 21.3. The van der Waals surface area contributed by atoms with Crippen molar-refractivity contribution in [2.45, 2.75) is 27.7 Å². The SMILES string of the molecule is C=CCN1C(=O)/C(=C\c2cc(C)n(-c3ccccc3C)c2C)C(C(=O)OC)=C1C. The fourth-order valence-electron chi connectivity index (χ4n) is 3.85. The zero-order valence-electron chi connectivity index (χ0n) is 17.6. The summed E-state index contributed by atoms with van der Waals surface area (Å²) in [5.74, 6) is -0.732. The number of esters is 1. The maximum Gasteiger partial charge on any atom is 0.340 e. The van der Waals surface area contributed by atoms with Gasteiger partial charge in [-0.2, -0.15) is 0 Å². The van der Waals surface area contributed by atoms with Gasteiger partial charge in [0, 0.05) is 29.3 Å². The topological polar surface area (TPSA) is 51.5 Å². The summed E-state index contributed by atoms with van der Waals surface area (Å²) in [4.78, 5) is 27.0. The van der Waals surface area contributed by atoms with Crippen LogP contribution in [-0.2, 0) is 14.3 Å². The molecule has 1 aliphatic rings. The molecule has 1 aliphatic heterocycles. The molecular weight excluding hydrogens is 364 g/mol. The quantitative estimate of drug-likeness (QED) is 0.435. The number of allylic oxidation sites excluding steroid dienone is 1. The molecule has 0 radical (unpaired) electrons. The Balaban J connectivity index is 2.16. The molecule has 5 nitrogen and oxygen atoms in total. The van der Waals surface area contributed by atoms with Crippen LogP contribution in [0.15, 0.2) is 59.8 Å². The lowest BCUT2D eigenvalue weighted by atomic mass is 10.0. The Hall–Kier alpha value is -3.34. The smallest absolute Gasteiger partial charge is 0.340 e. The lowest BCUT2D eigenvalue weighted by Crippen LogP contribution is -2.25. The van der Waals surface area contributed by atoms with Crippen molar-refractivity contribution in [1.82, 2.24) is 9.47 Å². The number of hydrogen-bond acceptors (Lipinski definition) is 3. The zero-order valence-corrected chi connectivity index (χ0v) is 17.6. The molecule has 0 spiro atoms. The minimum absolute atomic E-state index is 0.219. The summed E-state index contributed by atoms with van der Waals surface area (Å²) in [5.41, 5.74) is 6.44. The van der Waals surface area contributed by atoms with Gasteiger partial charge >= 0.3 is 5.97 Å². The molecule has 3 rings (SSSR count). The summed E-state index contributed by atoms with van der Waals surface area (Å²) in [6, 6.07) is 10.2. The van der Waals surface area contributed by atoms with Gasteiger partial charge in [-0.05, 0) is 57.0 Å². The van der Waals surface area contributed by atoms with E-state index in [0.717, 1.165) is 28.2 Å². The van der Waals surface area contributed by atoms with Crippen molar-refractivity contribution in [1.29, 1.82) is 0 Å². The first-order valence-corrected chi connectivity index (χ1v) is 9.50. The van der Waals surface area contributed by atoms with Crippen LogP contribution in [0.5, 0.6) is 0 Å². The van der Waals surface area contributed by atoms with Crippen molar-refractivity contribution in [3.63, 3.8) is 0 Å². The normalized spacial score (nSPS) is 15.4. The molecule has 0 bridgehead atoms. The van der Waals surface area contributed by atoms with Crippen LogP contribution in [0.4, 0.5) is 0 Å². The number of rotatable bonds is 5. The highest BCUT2D eigenvalue weighted by molar-refractivity contribution is 6.16. The monoisotopic (exact) mass is 390 g/mol. The van der Waals surface area contributed by atoms with E-state index >= 15 is 0 Å².